The van der Waals surface area contributed by atoms with Crippen LogP contribution in [-0.2, 0) is 9.59 Å². The second-order valence-electron chi connectivity index (χ2n) is 9.63. The largest absolute Gasteiger partial charge is 0.299 e. The van der Waals surface area contributed by atoms with E-state index in [9.17, 15) is 9.59 Å². The Morgan fingerprint density at radius 3 is 2.59 bits per heavy atom. The molecule has 2 unspecified atom stereocenters. The van der Waals surface area contributed by atoms with Gasteiger partial charge in [0, 0.05) is 24.2 Å². The van der Waals surface area contributed by atoms with Crippen LogP contribution in [0.4, 0.5) is 0 Å². The van der Waals surface area contributed by atoms with Crippen LogP contribution in [0.5, 0.6) is 0 Å². The predicted molar refractivity (Wildman–Crippen MR) is 84.1 cm³/mol. The lowest BCUT2D eigenvalue weighted by atomic mass is 9.36. The molecule has 0 heterocycles. The first-order valence-electron chi connectivity index (χ1n) is 9.51. The minimum atomic E-state index is -0.00199. The smallest absolute Gasteiger partial charge is 0.139 e. The van der Waals surface area contributed by atoms with E-state index in [4.69, 9.17) is 0 Å². The molecule has 0 amide bonds. The number of carbonyl (C=O) groups excluding carboxylic acids is 2. The molecule has 5 rings (SSSR count). The average molecular weight is 300 g/mol. The topological polar surface area (TPSA) is 34.1 Å². The van der Waals surface area contributed by atoms with Crippen LogP contribution < -0.4 is 0 Å². The van der Waals surface area contributed by atoms with Crippen molar-refractivity contribution in [1.82, 2.24) is 0 Å². The molecule has 5 fully saturated rings. The van der Waals surface area contributed by atoms with Crippen LogP contribution in [-0.4, -0.2) is 11.6 Å². The molecule has 120 valence electrons. The Hall–Kier alpha value is -0.660. The Morgan fingerprint density at radius 1 is 0.955 bits per heavy atom. The van der Waals surface area contributed by atoms with Gasteiger partial charge < -0.3 is 0 Å². The quantitative estimate of drug-likeness (QED) is 0.677. The number of Topliss-reactive ketones (excluding diaryl/α,β-unsaturated/α-hetero) is 2. The molecule has 0 spiro atoms. The molecule has 0 aromatic heterocycles. The molecule has 2 nitrogen and oxygen atoms in total. The first-order valence-corrected chi connectivity index (χ1v) is 9.51. The summed E-state index contributed by atoms with van der Waals surface area (Å²) in [5.41, 5.74) is 0.398. The lowest BCUT2D eigenvalue weighted by Gasteiger charge is -2.67. The van der Waals surface area contributed by atoms with Gasteiger partial charge in [0.2, 0.25) is 0 Å². The third-order valence-electron chi connectivity index (χ3n) is 9.15. The van der Waals surface area contributed by atoms with Gasteiger partial charge in [-0.2, -0.15) is 0 Å². The summed E-state index contributed by atoms with van der Waals surface area (Å²) in [5, 5.41) is 0. The van der Waals surface area contributed by atoms with Gasteiger partial charge in [0.1, 0.15) is 11.6 Å². The number of hydrogen-bond donors (Lipinski definition) is 0. The van der Waals surface area contributed by atoms with E-state index in [1.807, 2.05) is 0 Å². The van der Waals surface area contributed by atoms with Crippen LogP contribution in [0, 0.1) is 46.3 Å². The number of rotatable bonds is 0. The predicted octanol–water partition coefficient (Wildman–Crippen LogP) is 4.02. The summed E-state index contributed by atoms with van der Waals surface area (Å²) < 4.78 is 0. The van der Waals surface area contributed by atoms with Crippen LogP contribution in [0.1, 0.15) is 65.2 Å². The van der Waals surface area contributed by atoms with Crippen molar-refractivity contribution >= 4 is 11.6 Å². The minimum absolute atomic E-state index is 0.00199. The fourth-order valence-corrected chi connectivity index (χ4v) is 8.06. The van der Waals surface area contributed by atoms with Crippen LogP contribution in [0.15, 0.2) is 0 Å². The van der Waals surface area contributed by atoms with E-state index < -0.39 is 0 Å². The van der Waals surface area contributed by atoms with E-state index in [0.717, 1.165) is 49.9 Å². The van der Waals surface area contributed by atoms with Crippen molar-refractivity contribution in [1.29, 1.82) is 0 Å². The van der Waals surface area contributed by atoms with E-state index in [1.54, 1.807) is 0 Å². The van der Waals surface area contributed by atoms with Crippen LogP contribution >= 0.6 is 0 Å². The van der Waals surface area contributed by atoms with Gasteiger partial charge >= 0.3 is 0 Å². The average Bonchev–Trinajstić information content (AvgIpc) is 2.75. The number of hydrogen-bond acceptors (Lipinski definition) is 2. The SMILES string of the molecule is C[C@@]12CCC(=O)C3CC(C[C@@H]4[C@@H]1CC[C@]1(C)C(=O)CC[C@@H]41)[C@@H]32. The zero-order valence-corrected chi connectivity index (χ0v) is 13.9. The fourth-order valence-electron chi connectivity index (χ4n) is 8.06. The second kappa shape index (κ2) is 4.05. The van der Waals surface area contributed by atoms with Gasteiger partial charge in [-0.05, 0) is 73.5 Å². The van der Waals surface area contributed by atoms with Crippen molar-refractivity contribution in [2.45, 2.75) is 65.2 Å². The lowest BCUT2D eigenvalue weighted by molar-refractivity contribution is -0.196. The maximum atomic E-state index is 12.5. The monoisotopic (exact) mass is 300 g/mol. The molecule has 8 atom stereocenters. The minimum Gasteiger partial charge on any atom is -0.299 e. The molecule has 0 aliphatic heterocycles. The summed E-state index contributed by atoms with van der Waals surface area (Å²) >= 11 is 0. The molecular weight excluding hydrogens is 272 g/mol. The Balaban J connectivity index is 1.53. The van der Waals surface area contributed by atoms with Crippen molar-refractivity contribution in [2.75, 3.05) is 0 Å². The summed E-state index contributed by atoms with van der Waals surface area (Å²) in [4.78, 5) is 24.7. The van der Waals surface area contributed by atoms with E-state index >= 15 is 0 Å². The lowest BCUT2D eigenvalue weighted by Crippen LogP contribution is -2.63. The van der Waals surface area contributed by atoms with Crippen molar-refractivity contribution in [3.63, 3.8) is 0 Å². The highest BCUT2D eigenvalue weighted by Gasteiger charge is 2.67. The molecule has 2 heteroatoms. The van der Waals surface area contributed by atoms with E-state index in [2.05, 4.69) is 13.8 Å². The maximum Gasteiger partial charge on any atom is 0.139 e. The van der Waals surface area contributed by atoms with E-state index in [-0.39, 0.29) is 5.41 Å². The van der Waals surface area contributed by atoms with E-state index in [0.29, 0.717) is 34.7 Å². The highest BCUT2D eigenvalue weighted by atomic mass is 16.1. The molecule has 0 saturated heterocycles. The summed E-state index contributed by atoms with van der Waals surface area (Å²) in [6.07, 6.45) is 8.77. The van der Waals surface area contributed by atoms with Crippen LogP contribution in [0.2, 0.25) is 0 Å². The Bertz CT molecular complexity index is 566. The van der Waals surface area contributed by atoms with Gasteiger partial charge in [-0.1, -0.05) is 13.8 Å². The summed E-state index contributed by atoms with van der Waals surface area (Å²) in [5.74, 6) is 5.20. The molecule has 5 aliphatic rings. The molecule has 0 radical (unpaired) electrons. The Morgan fingerprint density at radius 2 is 1.77 bits per heavy atom. The number of ketones is 2. The van der Waals surface area contributed by atoms with Crippen molar-refractivity contribution < 1.29 is 9.59 Å². The zero-order valence-electron chi connectivity index (χ0n) is 13.9. The van der Waals surface area contributed by atoms with Gasteiger partial charge in [-0.3, -0.25) is 9.59 Å². The van der Waals surface area contributed by atoms with Crippen molar-refractivity contribution in [3.05, 3.63) is 0 Å². The van der Waals surface area contributed by atoms with Crippen LogP contribution in [0.25, 0.3) is 0 Å². The van der Waals surface area contributed by atoms with Crippen LogP contribution in [0.3, 0.4) is 0 Å². The summed E-state index contributed by atoms with van der Waals surface area (Å²) in [7, 11) is 0. The Kier molecular flexibility index (Phi) is 2.53. The molecule has 0 bridgehead atoms. The normalized spacial score (nSPS) is 59.4. The van der Waals surface area contributed by atoms with Gasteiger partial charge in [-0.25, -0.2) is 0 Å². The third kappa shape index (κ3) is 1.39. The van der Waals surface area contributed by atoms with Gasteiger partial charge in [0.05, 0.1) is 0 Å². The fraction of sp³-hybridized carbons (Fsp3) is 0.900. The first kappa shape index (κ1) is 13.7. The van der Waals surface area contributed by atoms with Gasteiger partial charge in [0.15, 0.2) is 0 Å². The maximum absolute atomic E-state index is 12.5. The molecule has 0 aromatic rings. The Labute approximate surface area is 133 Å². The summed E-state index contributed by atoms with van der Waals surface area (Å²) in [6, 6.07) is 0. The van der Waals surface area contributed by atoms with Crippen molar-refractivity contribution in [2.24, 2.45) is 46.3 Å². The first-order chi connectivity index (χ1) is 10.4. The highest BCUT2D eigenvalue weighted by Crippen LogP contribution is 2.71. The van der Waals surface area contributed by atoms with E-state index in [1.165, 1.54) is 19.3 Å². The number of fused-ring (bicyclic) bond motifs is 4. The van der Waals surface area contributed by atoms with Crippen molar-refractivity contribution in [3.8, 4) is 0 Å². The third-order valence-corrected chi connectivity index (χ3v) is 9.15. The molecule has 22 heavy (non-hydrogen) atoms. The molecular formula is C20H28O2. The highest BCUT2D eigenvalue weighted by molar-refractivity contribution is 5.87. The molecule has 5 saturated carbocycles. The summed E-state index contributed by atoms with van der Waals surface area (Å²) in [6.45, 7) is 4.78. The second-order valence-corrected chi connectivity index (χ2v) is 9.63. The molecule has 0 N–H and O–H groups in total. The molecule has 5 aliphatic carbocycles. The standard InChI is InChI=1S/C20H28O2/c1-19-7-5-15-12(14(19)3-4-17(19)22)9-11-10-13-16(21)6-8-20(15,2)18(11)13/h11-15,18H,3-10H2,1-2H3/t11?,12-,13?,14-,15-,18-,19-,20+/m0/s1. The van der Waals surface area contributed by atoms with Gasteiger partial charge in [0.25, 0.3) is 0 Å². The number of carbonyl (C=O) groups is 2. The van der Waals surface area contributed by atoms with Gasteiger partial charge in [-0.15, -0.1) is 0 Å². The zero-order chi connectivity index (χ0) is 15.3. The molecule has 0 aromatic carbocycles.